The first-order valence-electron chi connectivity index (χ1n) is 6.65. The Morgan fingerprint density at radius 3 is 3.15 bits per heavy atom. The van der Waals surface area contributed by atoms with E-state index in [-0.39, 0.29) is 5.56 Å². The van der Waals surface area contributed by atoms with Gasteiger partial charge in [-0.05, 0) is 25.3 Å². The average Bonchev–Trinajstić information content (AvgIpc) is 3.00. The molecule has 1 atom stereocenters. The van der Waals surface area contributed by atoms with Gasteiger partial charge in [-0.1, -0.05) is 11.3 Å². The smallest absolute Gasteiger partial charge is 0.264 e. The minimum Gasteiger partial charge on any atom is -0.358 e. The zero-order valence-corrected chi connectivity index (χ0v) is 11.8. The summed E-state index contributed by atoms with van der Waals surface area (Å²) < 4.78 is 0. The summed E-state index contributed by atoms with van der Waals surface area (Å²) in [6, 6.07) is 3.65. The number of aromatic nitrogens is 4. The summed E-state index contributed by atoms with van der Waals surface area (Å²) in [6.45, 7) is 1.76. The van der Waals surface area contributed by atoms with Crippen molar-refractivity contribution in [3.05, 3.63) is 28.0 Å². The Kier molecular flexibility index (Phi) is 3.91. The molecule has 20 heavy (non-hydrogen) atoms. The SMILES string of the molecule is O=c1ccc(N2CCCCC2CNc2nncs2)n[nH]1. The molecule has 0 spiro atoms. The highest BCUT2D eigenvalue weighted by Crippen LogP contribution is 2.22. The van der Waals surface area contributed by atoms with Crippen LogP contribution < -0.4 is 15.8 Å². The molecule has 1 fully saturated rings. The van der Waals surface area contributed by atoms with Crippen molar-refractivity contribution in [3.8, 4) is 0 Å². The number of hydrogen-bond donors (Lipinski definition) is 2. The molecule has 1 aliphatic heterocycles. The number of anilines is 2. The Morgan fingerprint density at radius 2 is 2.40 bits per heavy atom. The van der Waals surface area contributed by atoms with E-state index >= 15 is 0 Å². The summed E-state index contributed by atoms with van der Waals surface area (Å²) in [6.07, 6.45) is 3.46. The molecule has 0 amide bonds. The number of H-pyrrole nitrogens is 1. The van der Waals surface area contributed by atoms with E-state index in [9.17, 15) is 4.79 Å². The number of rotatable bonds is 4. The van der Waals surface area contributed by atoms with Crippen molar-refractivity contribution in [2.24, 2.45) is 0 Å². The highest BCUT2D eigenvalue weighted by molar-refractivity contribution is 7.13. The van der Waals surface area contributed by atoms with Gasteiger partial charge in [-0.3, -0.25) is 4.79 Å². The number of nitrogens with zero attached hydrogens (tertiary/aromatic N) is 4. The van der Waals surface area contributed by atoms with Gasteiger partial charge < -0.3 is 10.2 Å². The van der Waals surface area contributed by atoms with Crippen LogP contribution in [0.15, 0.2) is 22.4 Å². The Balaban J connectivity index is 1.70. The molecule has 3 heterocycles. The summed E-state index contributed by atoms with van der Waals surface area (Å²) in [5, 5.41) is 18.6. The molecule has 3 rings (SSSR count). The largest absolute Gasteiger partial charge is 0.358 e. The maximum Gasteiger partial charge on any atom is 0.264 e. The minimum atomic E-state index is -0.172. The number of aromatic amines is 1. The van der Waals surface area contributed by atoms with Crippen LogP contribution in [-0.4, -0.2) is 39.5 Å². The monoisotopic (exact) mass is 292 g/mol. The van der Waals surface area contributed by atoms with Crippen LogP contribution in [0.1, 0.15) is 19.3 Å². The van der Waals surface area contributed by atoms with Gasteiger partial charge in [-0.15, -0.1) is 10.2 Å². The molecule has 7 nitrogen and oxygen atoms in total. The molecule has 0 radical (unpaired) electrons. The zero-order chi connectivity index (χ0) is 13.8. The fourth-order valence-corrected chi connectivity index (χ4v) is 2.92. The molecule has 1 aliphatic rings. The average molecular weight is 292 g/mol. The van der Waals surface area contributed by atoms with Gasteiger partial charge in [-0.2, -0.15) is 5.10 Å². The maximum atomic E-state index is 11.1. The molecule has 2 aromatic heterocycles. The predicted molar refractivity (Wildman–Crippen MR) is 78.2 cm³/mol. The molecule has 1 unspecified atom stereocenters. The van der Waals surface area contributed by atoms with E-state index in [0.717, 1.165) is 36.9 Å². The number of nitrogens with one attached hydrogen (secondary N) is 2. The van der Waals surface area contributed by atoms with Crippen LogP contribution in [0.5, 0.6) is 0 Å². The summed E-state index contributed by atoms with van der Waals surface area (Å²) in [5.41, 5.74) is 1.54. The van der Waals surface area contributed by atoms with E-state index in [2.05, 4.69) is 30.6 Å². The lowest BCUT2D eigenvalue weighted by Crippen LogP contribution is -2.44. The summed E-state index contributed by atoms with van der Waals surface area (Å²) in [5.74, 6) is 0.827. The van der Waals surface area contributed by atoms with E-state index < -0.39 is 0 Å². The standard InChI is InChI=1S/C12H16N6OS/c19-11-5-4-10(15-16-11)18-6-2-1-3-9(18)7-13-12-17-14-8-20-12/h4-5,8-9H,1-3,6-7H2,(H,13,17)(H,16,19). The Bertz CT molecular complexity index is 578. The van der Waals surface area contributed by atoms with E-state index in [1.54, 1.807) is 11.6 Å². The van der Waals surface area contributed by atoms with Crippen LogP contribution in [0.4, 0.5) is 10.9 Å². The normalized spacial score (nSPS) is 19.0. The van der Waals surface area contributed by atoms with E-state index in [4.69, 9.17) is 0 Å². The van der Waals surface area contributed by atoms with Crippen LogP contribution >= 0.6 is 11.3 Å². The lowest BCUT2D eigenvalue weighted by molar-refractivity contribution is 0.467. The molecule has 0 saturated carbocycles. The third-order valence-electron chi connectivity index (χ3n) is 3.43. The van der Waals surface area contributed by atoms with Gasteiger partial charge in [-0.25, -0.2) is 5.10 Å². The predicted octanol–water partition coefficient (Wildman–Crippen LogP) is 1.09. The Morgan fingerprint density at radius 1 is 1.45 bits per heavy atom. The third-order valence-corrected chi connectivity index (χ3v) is 4.08. The van der Waals surface area contributed by atoms with Crippen molar-refractivity contribution in [1.29, 1.82) is 0 Å². The Labute approximate surface area is 120 Å². The molecule has 0 bridgehead atoms. The van der Waals surface area contributed by atoms with Crippen molar-refractivity contribution in [1.82, 2.24) is 20.4 Å². The van der Waals surface area contributed by atoms with Crippen molar-refractivity contribution in [3.63, 3.8) is 0 Å². The lowest BCUT2D eigenvalue weighted by atomic mass is 10.0. The fourth-order valence-electron chi connectivity index (χ4n) is 2.47. The molecular formula is C12H16N6OS. The topological polar surface area (TPSA) is 86.8 Å². The van der Waals surface area contributed by atoms with Gasteiger partial charge in [0.05, 0.1) is 0 Å². The van der Waals surface area contributed by atoms with Gasteiger partial charge in [0.2, 0.25) is 5.13 Å². The van der Waals surface area contributed by atoms with Gasteiger partial charge >= 0.3 is 0 Å². The summed E-state index contributed by atoms with van der Waals surface area (Å²) >= 11 is 1.50. The quantitative estimate of drug-likeness (QED) is 0.877. The van der Waals surface area contributed by atoms with E-state index in [1.165, 1.54) is 23.8 Å². The number of hydrogen-bond acceptors (Lipinski definition) is 7. The third kappa shape index (κ3) is 2.96. The molecule has 2 aromatic rings. The second-order valence-electron chi connectivity index (χ2n) is 4.75. The minimum absolute atomic E-state index is 0.172. The van der Waals surface area contributed by atoms with Crippen molar-refractivity contribution in [2.75, 3.05) is 23.3 Å². The molecule has 0 aliphatic carbocycles. The van der Waals surface area contributed by atoms with E-state index in [0.29, 0.717) is 6.04 Å². The first-order chi connectivity index (χ1) is 9.83. The molecule has 106 valence electrons. The number of piperidine rings is 1. The van der Waals surface area contributed by atoms with Crippen molar-refractivity contribution >= 4 is 22.3 Å². The van der Waals surface area contributed by atoms with Crippen molar-refractivity contribution in [2.45, 2.75) is 25.3 Å². The zero-order valence-electron chi connectivity index (χ0n) is 11.0. The van der Waals surface area contributed by atoms with Crippen molar-refractivity contribution < 1.29 is 0 Å². The first kappa shape index (κ1) is 13.0. The molecule has 8 heteroatoms. The molecule has 1 saturated heterocycles. The van der Waals surface area contributed by atoms with Gasteiger partial charge in [0.1, 0.15) is 11.3 Å². The second-order valence-corrected chi connectivity index (χ2v) is 5.58. The van der Waals surface area contributed by atoms with Gasteiger partial charge in [0, 0.05) is 25.2 Å². The molecular weight excluding hydrogens is 276 g/mol. The van der Waals surface area contributed by atoms with Crippen LogP contribution in [0.25, 0.3) is 0 Å². The van der Waals surface area contributed by atoms with Crippen LogP contribution in [0.2, 0.25) is 0 Å². The van der Waals surface area contributed by atoms with E-state index in [1.807, 2.05) is 0 Å². The highest BCUT2D eigenvalue weighted by Gasteiger charge is 2.23. The lowest BCUT2D eigenvalue weighted by Gasteiger charge is -2.36. The van der Waals surface area contributed by atoms with Crippen LogP contribution in [-0.2, 0) is 0 Å². The fraction of sp³-hybridized carbons (Fsp3) is 0.500. The van der Waals surface area contributed by atoms with Crippen LogP contribution in [0.3, 0.4) is 0 Å². The maximum absolute atomic E-state index is 11.1. The first-order valence-corrected chi connectivity index (χ1v) is 7.53. The van der Waals surface area contributed by atoms with Gasteiger partial charge in [0.15, 0.2) is 0 Å². The Hall–Kier alpha value is -1.96. The second kappa shape index (κ2) is 6.00. The van der Waals surface area contributed by atoms with Crippen LogP contribution in [0, 0.1) is 0 Å². The highest BCUT2D eigenvalue weighted by atomic mass is 32.1. The van der Waals surface area contributed by atoms with Gasteiger partial charge in [0.25, 0.3) is 5.56 Å². The molecule has 0 aromatic carbocycles. The summed E-state index contributed by atoms with van der Waals surface area (Å²) in [7, 11) is 0. The summed E-state index contributed by atoms with van der Waals surface area (Å²) in [4.78, 5) is 13.3. The molecule has 2 N–H and O–H groups in total.